The Kier molecular flexibility index (Phi) is 2.01. The maximum atomic E-state index is 10.7. The molecule has 0 aromatic heterocycles. The maximum Gasteiger partial charge on any atom is 0.310 e. The van der Waals surface area contributed by atoms with E-state index in [0.29, 0.717) is 6.61 Å². The summed E-state index contributed by atoms with van der Waals surface area (Å²) in [4.78, 5) is 10.7. The number of cyclic esters (lactones) is 1. The predicted molar refractivity (Wildman–Crippen MR) is 37.5 cm³/mol. The minimum absolute atomic E-state index is 0.0355. The first-order valence-corrected chi connectivity index (χ1v) is 3.58. The second kappa shape index (κ2) is 2.60. The second-order valence-corrected chi connectivity index (χ2v) is 3.12. The maximum absolute atomic E-state index is 10.7. The van der Waals surface area contributed by atoms with Crippen LogP contribution in [-0.2, 0) is 9.53 Å². The minimum Gasteiger partial charge on any atom is -0.465 e. The molecule has 0 aliphatic carbocycles. The van der Waals surface area contributed by atoms with Gasteiger partial charge in [-0.2, -0.15) is 12.6 Å². The third-order valence-corrected chi connectivity index (χ3v) is 1.92. The Hall–Kier alpha value is -0.180. The summed E-state index contributed by atoms with van der Waals surface area (Å²) in [5.74, 6) is -0.0502. The molecule has 1 heterocycles. The van der Waals surface area contributed by atoms with Gasteiger partial charge in [-0.1, -0.05) is 6.92 Å². The van der Waals surface area contributed by atoms with Crippen LogP contribution in [-0.4, -0.2) is 17.8 Å². The van der Waals surface area contributed by atoms with Crippen LogP contribution < -0.4 is 0 Å². The zero-order valence-electron chi connectivity index (χ0n) is 5.33. The van der Waals surface area contributed by atoms with Crippen molar-refractivity contribution in [2.45, 2.75) is 18.6 Å². The van der Waals surface area contributed by atoms with Crippen LogP contribution in [0.1, 0.15) is 13.3 Å². The number of ether oxygens (including phenoxy) is 1. The van der Waals surface area contributed by atoms with Gasteiger partial charge in [0.25, 0.3) is 0 Å². The van der Waals surface area contributed by atoms with Crippen molar-refractivity contribution < 1.29 is 9.53 Å². The molecule has 52 valence electrons. The molecule has 0 radical (unpaired) electrons. The lowest BCUT2D eigenvalue weighted by Crippen LogP contribution is -2.16. The fraction of sp³-hybridized carbons (Fsp3) is 0.833. The van der Waals surface area contributed by atoms with Crippen LogP contribution in [0.25, 0.3) is 0 Å². The van der Waals surface area contributed by atoms with E-state index in [1.807, 2.05) is 6.92 Å². The summed E-state index contributed by atoms with van der Waals surface area (Å²) in [6.07, 6.45) is 0.837. The van der Waals surface area contributed by atoms with Gasteiger partial charge in [-0.3, -0.25) is 4.79 Å². The summed E-state index contributed by atoms with van der Waals surface area (Å²) in [5, 5.41) is 0.139. The van der Waals surface area contributed by atoms with E-state index < -0.39 is 0 Å². The lowest BCUT2D eigenvalue weighted by atomic mass is 10.1. The first-order chi connectivity index (χ1) is 4.22. The Morgan fingerprint density at radius 3 is 2.78 bits per heavy atom. The molecule has 2 atom stereocenters. The van der Waals surface area contributed by atoms with E-state index in [-0.39, 0.29) is 17.1 Å². The minimum atomic E-state index is -0.0856. The first-order valence-electron chi connectivity index (χ1n) is 3.06. The lowest BCUT2D eigenvalue weighted by molar-refractivity contribution is -0.141. The van der Waals surface area contributed by atoms with Crippen molar-refractivity contribution >= 4 is 18.6 Å². The summed E-state index contributed by atoms with van der Waals surface area (Å²) in [5.41, 5.74) is 0. The average Bonchev–Trinajstić information content (AvgIpc) is 2.13. The number of carbonyl (C=O) groups is 1. The highest BCUT2D eigenvalue weighted by Gasteiger charge is 2.29. The van der Waals surface area contributed by atoms with E-state index in [2.05, 4.69) is 12.6 Å². The molecule has 2 nitrogen and oxygen atoms in total. The summed E-state index contributed by atoms with van der Waals surface area (Å²) in [7, 11) is 0. The van der Waals surface area contributed by atoms with E-state index in [4.69, 9.17) is 4.74 Å². The van der Waals surface area contributed by atoms with E-state index in [9.17, 15) is 4.79 Å². The number of carbonyl (C=O) groups excluding carboxylic acids is 1. The van der Waals surface area contributed by atoms with Gasteiger partial charge in [0.2, 0.25) is 0 Å². The molecule has 0 bridgehead atoms. The molecule has 0 aromatic rings. The number of hydrogen-bond acceptors (Lipinski definition) is 3. The van der Waals surface area contributed by atoms with Crippen molar-refractivity contribution in [3.05, 3.63) is 0 Å². The fourth-order valence-electron chi connectivity index (χ4n) is 0.950. The fourth-order valence-corrected chi connectivity index (χ4v) is 1.22. The highest BCUT2D eigenvalue weighted by atomic mass is 32.1. The normalized spacial score (nSPS) is 30.0. The zero-order chi connectivity index (χ0) is 6.85. The largest absolute Gasteiger partial charge is 0.465 e. The van der Waals surface area contributed by atoms with Gasteiger partial charge in [-0.25, -0.2) is 0 Å². The van der Waals surface area contributed by atoms with Crippen LogP contribution in [0.2, 0.25) is 0 Å². The quantitative estimate of drug-likeness (QED) is 0.439. The summed E-state index contributed by atoms with van der Waals surface area (Å²) < 4.78 is 4.74. The number of esters is 1. The molecular formula is C6H10O2S. The zero-order valence-corrected chi connectivity index (χ0v) is 6.23. The van der Waals surface area contributed by atoms with Gasteiger partial charge < -0.3 is 4.74 Å². The Bertz CT molecular complexity index is 122. The Labute approximate surface area is 60.0 Å². The van der Waals surface area contributed by atoms with Gasteiger partial charge in [0, 0.05) is 5.25 Å². The average molecular weight is 146 g/mol. The summed E-state index contributed by atoms with van der Waals surface area (Å²) in [6, 6.07) is 0. The molecule has 0 amide bonds. The number of rotatable bonds is 1. The molecule has 0 aromatic carbocycles. The van der Waals surface area contributed by atoms with E-state index >= 15 is 0 Å². The Balaban J connectivity index is 2.49. The van der Waals surface area contributed by atoms with Crippen LogP contribution >= 0.6 is 12.6 Å². The molecular weight excluding hydrogens is 136 g/mol. The number of thiol groups is 1. The van der Waals surface area contributed by atoms with Crippen LogP contribution in [0.15, 0.2) is 0 Å². The molecule has 0 saturated carbocycles. The van der Waals surface area contributed by atoms with Gasteiger partial charge in [-0.15, -0.1) is 0 Å². The van der Waals surface area contributed by atoms with Crippen molar-refractivity contribution in [1.29, 1.82) is 0 Å². The number of hydrogen-bond donors (Lipinski definition) is 1. The van der Waals surface area contributed by atoms with Crippen molar-refractivity contribution in [1.82, 2.24) is 0 Å². The molecule has 3 heteroatoms. The lowest BCUT2D eigenvalue weighted by Gasteiger charge is -2.06. The van der Waals surface area contributed by atoms with Crippen molar-refractivity contribution in [3.63, 3.8) is 0 Å². The van der Waals surface area contributed by atoms with E-state index in [1.165, 1.54) is 0 Å². The predicted octanol–water partition coefficient (Wildman–Crippen LogP) is 0.868. The molecule has 1 fully saturated rings. The van der Waals surface area contributed by atoms with E-state index in [0.717, 1.165) is 6.42 Å². The van der Waals surface area contributed by atoms with Gasteiger partial charge in [0.1, 0.15) is 0 Å². The highest BCUT2D eigenvalue weighted by Crippen LogP contribution is 2.21. The van der Waals surface area contributed by atoms with Crippen molar-refractivity contribution in [3.8, 4) is 0 Å². The molecule has 9 heavy (non-hydrogen) atoms. The Morgan fingerprint density at radius 2 is 2.56 bits per heavy atom. The highest BCUT2D eigenvalue weighted by molar-refractivity contribution is 7.81. The summed E-state index contributed by atoms with van der Waals surface area (Å²) >= 11 is 4.15. The Morgan fingerprint density at radius 1 is 1.89 bits per heavy atom. The SMILES string of the molecule is CC(S)C1CCOC1=O. The molecule has 0 spiro atoms. The molecule has 2 unspecified atom stereocenters. The van der Waals surface area contributed by atoms with Crippen molar-refractivity contribution in [2.75, 3.05) is 6.61 Å². The standard InChI is InChI=1S/C6H10O2S/c1-4(9)5-2-3-8-6(5)7/h4-5,9H,2-3H2,1H3. The van der Waals surface area contributed by atoms with Crippen LogP contribution in [0, 0.1) is 5.92 Å². The van der Waals surface area contributed by atoms with E-state index in [1.54, 1.807) is 0 Å². The molecule has 1 rings (SSSR count). The van der Waals surface area contributed by atoms with Gasteiger partial charge in [-0.05, 0) is 6.42 Å². The van der Waals surface area contributed by atoms with Crippen LogP contribution in [0.4, 0.5) is 0 Å². The molecule has 0 N–H and O–H groups in total. The monoisotopic (exact) mass is 146 g/mol. The van der Waals surface area contributed by atoms with Crippen LogP contribution in [0.3, 0.4) is 0 Å². The first kappa shape index (κ1) is 6.93. The molecule has 1 saturated heterocycles. The van der Waals surface area contributed by atoms with Gasteiger partial charge >= 0.3 is 5.97 Å². The molecule has 1 aliphatic rings. The van der Waals surface area contributed by atoms with Crippen molar-refractivity contribution in [2.24, 2.45) is 5.92 Å². The smallest absolute Gasteiger partial charge is 0.310 e. The third-order valence-electron chi connectivity index (χ3n) is 1.56. The second-order valence-electron chi connectivity index (χ2n) is 2.30. The topological polar surface area (TPSA) is 26.3 Å². The summed E-state index contributed by atoms with van der Waals surface area (Å²) in [6.45, 7) is 2.49. The van der Waals surface area contributed by atoms with Crippen LogP contribution in [0.5, 0.6) is 0 Å². The third kappa shape index (κ3) is 1.39. The van der Waals surface area contributed by atoms with Gasteiger partial charge in [0.15, 0.2) is 0 Å². The van der Waals surface area contributed by atoms with Gasteiger partial charge in [0.05, 0.1) is 12.5 Å². The molecule has 1 aliphatic heterocycles.